The van der Waals surface area contributed by atoms with Crippen molar-refractivity contribution in [3.8, 4) is 0 Å². The molecule has 0 atom stereocenters. The molecule has 8 nitrogen and oxygen atoms in total. The lowest BCUT2D eigenvalue weighted by Gasteiger charge is -2.34. The third-order valence-corrected chi connectivity index (χ3v) is 4.83. The van der Waals surface area contributed by atoms with Gasteiger partial charge in [-0.3, -0.25) is 19.2 Å². The summed E-state index contributed by atoms with van der Waals surface area (Å²) >= 11 is 0. The minimum absolute atomic E-state index is 0.0554. The monoisotopic (exact) mass is 409 g/mol. The first kappa shape index (κ1) is 21.0. The van der Waals surface area contributed by atoms with Crippen LogP contribution in [0.25, 0.3) is 0 Å². The summed E-state index contributed by atoms with van der Waals surface area (Å²) in [5.74, 6) is -0.654. The fourth-order valence-corrected chi connectivity index (χ4v) is 3.14. The van der Waals surface area contributed by atoms with Gasteiger partial charge >= 0.3 is 0 Å². The van der Waals surface area contributed by atoms with Crippen LogP contribution >= 0.6 is 0 Å². The molecule has 1 aromatic heterocycles. The van der Waals surface area contributed by atoms with Crippen LogP contribution in [0.2, 0.25) is 0 Å². The molecule has 156 valence electrons. The third-order valence-electron chi connectivity index (χ3n) is 4.83. The van der Waals surface area contributed by atoms with Crippen LogP contribution in [-0.2, 0) is 9.59 Å². The van der Waals surface area contributed by atoms with E-state index in [1.165, 1.54) is 19.3 Å². The van der Waals surface area contributed by atoms with Gasteiger partial charge in [0.25, 0.3) is 5.91 Å². The number of ketones is 1. The molecule has 30 heavy (non-hydrogen) atoms. The van der Waals surface area contributed by atoms with E-state index in [9.17, 15) is 19.2 Å². The Balaban J connectivity index is 1.53. The number of hydrogen-bond donors (Lipinski definition) is 1. The maximum atomic E-state index is 12.6. The molecule has 2 heterocycles. The highest BCUT2D eigenvalue weighted by Gasteiger charge is 2.26. The number of carbonyl (C=O) groups excluding carboxylic acids is 4. The summed E-state index contributed by atoms with van der Waals surface area (Å²) in [6, 6.07) is 9.79. The Hall–Kier alpha value is -3.68. The third kappa shape index (κ3) is 5.02. The Kier molecular flexibility index (Phi) is 6.46. The van der Waals surface area contributed by atoms with Gasteiger partial charge in [0.05, 0.1) is 6.26 Å². The van der Waals surface area contributed by atoms with Crippen LogP contribution in [0.4, 0.5) is 5.69 Å². The molecule has 1 fully saturated rings. The summed E-state index contributed by atoms with van der Waals surface area (Å²) in [5.41, 5.74) is 1.39. The number of carbonyl (C=O) groups is 4. The number of hydrogen-bond acceptors (Lipinski definition) is 5. The molecule has 8 heteroatoms. The average Bonchev–Trinajstić information content (AvgIpc) is 3.28. The molecule has 1 saturated heterocycles. The van der Waals surface area contributed by atoms with Gasteiger partial charge in [-0.25, -0.2) is 0 Å². The predicted octanol–water partition coefficient (Wildman–Crippen LogP) is 2.35. The van der Waals surface area contributed by atoms with Gasteiger partial charge in [-0.2, -0.15) is 0 Å². The highest BCUT2D eigenvalue weighted by Crippen LogP contribution is 2.13. The Morgan fingerprint density at radius 2 is 1.57 bits per heavy atom. The summed E-state index contributed by atoms with van der Waals surface area (Å²) in [5, 5.41) is 2.67. The van der Waals surface area contributed by atoms with E-state index in [-0.39, 0.29) is 23.4 Å². The van der Waals surface area contributed by atoms with Crippen molar-refractivity contribution in [3.63, 3.8) is 0 Å². The maximum Gasteiger partial charge on any atom is 0.289 e. The number of Topliss-reactive ketones (excluding diaryl/α,β-unsaturated/α-hetero) is 1. The second kappa shape index (κ2) is 9.21. The number of nitrogens with one attached hydrogen (secondary N) is 1. The quantitative estimate of drug-likeness (QED) is 0.604. The van der Waals surface area contributed by atoms with Gasteiger partial charge < -0.3 is 19.5 Å². The lowest BCUT2D eigenvalue weighted by Crippen LogP contribution is -2.50. The summed E-state index contributed by atoms with van der Waals surface area (Å²) < 4.78 is 5.13. The number of benzene rings is 1. The fourth-order valence-electron chi connectivity index (χ4n) is 3.14. The second-order valence-corrected chi connectivity index (χ2v) is 7.01. The summed E-state index contributed by atoms with van der Waals surface area (Å²) in [6.45, 7) is 4.61. The molecular weight excluding hydrogens is 386 g/mol. The highest BCUT2D eigenvalue weighted by molar-refractivity contribution is 6.06. The average molecular weight is 409 g/mol. The molecule has 0 bridgehead atoms. The Morgan fingerprint density at radius 1 is 0.933 bits per heavy atom. The Morgan fingerprint density at radius 3 is 2.13 bits per heavy atom. The Labute approximate surface area is 174 Å². The van der Waals surface area contributed by atoms with Crippen LogP contribution in [0.1, 0.15) is 34.8 Å². The highest BCUT2D eigenvalue weighted by atomic mass is 16.3. The molecule has 0 aliphatic carbocycles. The van der Waals surface area contributed by atoms with Crippen LogP contribution in [0, 0.1) is 0 Å². The smallest absolute Gasteiger partial charge is 0.289 e. The van der Waals surface area contributed by atoms with Crippen molar-refractivity contribution in [3.05, 3.63) is 65.6 Å². The van der Waals surface area contributed by atoms with Crippen molar-refractivity contribution in [2.24, 2.45) is 0 Å². The Bertz CT molecular complexity index is 969. The van der Waals surface area contributed by atoms with Gasteiger partial charge in [0, 0.05) is 49.1 Å². The zero-order chi connectivity index (χ0) is 21.7. The van der Waals surface area contributed by atoms with Gasteiger partial charge in [0.2, 0.25) is 11.8 Å². The van der Waals surface area contributed by atoms with E-state index in [2.05, 4.69) is 5.32 Å². The first-order valence-electron chi connectivity index (χ1n) is 9.57. The topological polar surface area (TPSA) is 99.9 Å². The molecule has 0 spiro atoms. The van der Waals surface area contributed by atoms with Crippen molar-refractivity contribution < 1.29 is 23.6 Å². The first-order chi connectivity index (χ1) is 14.3. The van der Waals surface area contributed by atoms with Crippen LogP contribution in [0.15, 0.2) is 58.7 Å². The summed E-state index contributed by atoms with van der Waals surface area (Å²) in [4.78, 5) is 51.7. The van der Waals surface area contributed by atoms with Crippen molar-refractivity contribution in [2.45, 2.75) is 13.8 Å². The number of rotatable bonds is 5. The minimum atomic E-state index is -0.428. The van der Waals surface area contributed by atoms with E-state index in [0.717, 1.165) is 0 Å². The predicted molar refractivity (Wildman–Crippen MR) is 110 cm³/mol. The van der Waals surface area contributed by atoms with E-state index >= 15 is 0 Å². The molecule has 1 aliphatic rings. The molecule has 3 rings (SSSR count). The number of furan rings is 1. The van der Waals surface area contributed by atoms with Crippen molar-refractivity contribution in [2.75, 3.05) is 31.5 Å². The van der Waals surface area contributed by atoms with E-state index in [1.807, 2.05) is 0 Å². The molecule has 3 amide bonds. The number of piperazine rings is 1. The van der Waals surface area contributed by atoms with E-state index in [1.54, 1.807) is 53.1 Å². The molecular formula is C22H23N3O5. The van der Waals surface area contributed by atoms with E-state index in [0.29, 0.717) is 43.0 Å². The zero-order valence-electron chi connectivity index (χ0n) is 16.9. The van der Waals surface area contributed by atoms with Crippen molar-refractivity contribution >= 4 is 29.2 Å². The van der Waals surface area contributed by atoms with Gasteiger partial charge in [-0.1, -0.05) is 0 Å². The van der Waals surface area contributed by atoms with Crippen LogP contribution in [0.3, 0.4) is 0 Å². The maximum absolute atomic E-state index is 12.6. The van der Waals surface area contributed by atoms with E-state index < -0.39 is 5.91 Å². The van der Waals surface area contributed by atoms with E-state index in [4.69, 9.17) is 4.42 Å². The molecule has 1 aromatic carbocycles. The normalized spacial score (nSPS) is 14.4. The SMILES string of the molecule is CC(=O)c1ccc(NC(=O)/C=C(/C)C(=O)N2CCN(C(=O)c3ccco3)CC2)cc1. The number of amides is 3. The zero-order valence-corrected chi connectivity index (χ0v) is 16.9. The van der Waals surface area contributed by atoms with Crippen LogP contribution in [0.5, 0.6) is 0 Å². The minimum Gasteiger partial charge on any atom is -0.459 e. The van der Waals surface area contributed by atoms with Gasteiger partial charge in [0.1, 0.15) is 0 Å². The number of anilines is 1. The fraction of sp³-hybridized carbons (Fsp3) is 0.273. The van der Waals surface area contributed by atoms with Crippen LogP contribution < -0.4 is 5.32 Å². The van der Waals surface area contributed by atoms with Gasteiger partial charge in [-0.15, -0.1) is 0 Å². The van der Waals surface area contributed by atoms with Crippen LogP contribution in [-0.4, -0.2) is 59.5 Å². The van der Waals surface area contributed by atoms with Crippen molar-refractivity contribution in [1.82, 2.24) is 9.80 Å². The lowest BCUT2D eigenvalue weighted by atomic mass is 10.1. The number of nitrogens with zero attached hydrogens (tertiary/aromatic N) is 2. The molecule has 0 unspecified atom stereocenters. The molecule has 2 aromatic rings. The van der Waals surface area contributed by atoms with Crippen molar-refractivity contribution in [1.29, 1.82) is 0 Å². The molecule has 0 radical (unpaired) electrons. The summed E-state index contributed by atoms with van der Waals surface area (Å²) in [7, 11) is 0. The standard InChI is InChI=1S/C22H23N3O5/c1-15(14-20(27)23-18-7-5-17(6-8-18)16(2)26)21(28)24-9-11-25(12-10-24)22(29)19-4-3-13-30-19/h3-8,13-14H,9-12H2,1-2H3,(H,23,27)/b15-14-. The largest absolute Gasteiger partial charge is 0.459 e. The van der Waals surface area contributed by atoms with Gasteiger partial charge in [-0.05, 0) is 50.2 Å². The molecule has 0 saturated carbocycles. The molecule has 1 aliphatic heterocycles. The lowest BCUT2D eigenvalue weighted by molar-refractivity contribution is -0.128. The summed E-state index contributed by atoms with van der Waals surface area (Å²) in [6.07, 6.45) is 2.70. The van der Waals surface area contributed by atoms with Gasteiger partial charge in [0.15, 0.2) is 11.5 Å². The molecule has 1 N–H and O–H groups in total. The first-order valence-corrected chi connectivity index (χ1v) is 9.57. The second-order valence-electron chi connectivity index (χ2n) is 7.01.